The van der Waals surface area contributed by atoms with Gasteiger partial charge in [-0.1, -0.05) is 19.4 Å². The van der Waals surface area contributed by atoms with Gasteiger partial charge in [0.2, 0.25) is 5.91 Å². The van der Waals surface area contributed by atoms with E-state index >= 15 is 0 Å². The zero-order chi connectivity index (χ0) is 15.0. The summed E-state index contributed by atoms with van der Waals surface area (Å²) in [5, 5.41) is 2.62. The van der Waals surface area contributed by atoms with Crippen molar-refractivity contribution < 1.29 is 14.3 Å². The van der Waals surface area contributed by atoms with E-state index in [0.29, 0.717) is 17.9 Å². The number of unbranched alkanes of at least 4 members (excludes halogenated alkanes) is 1. The van der Waals surface area contributed by atoms with Crippen molar-refractivity contribution in [2.45, 2.75) is 19.8 Å². The minimum atomic E-state index is -0.277. The second-order valence-corrected chi connectivity index (χ2v) is 4.58. The van der Waals surface area contributed by atoms with Crippen LogP contribution in [0.4, 0.5) is 0 Å². The van der Waals surface area contributed by atoms with Gasteiger partial charge in [-0.25, -0.2) is 0 Å². The first-order chi connectivity index (χ1) is 9.58. The van der Waals surface area contributed by atoms with Crippen molar-refractivity contribution in [1.82, 2.24) is 10.2 Å². The van der Waals surface area contributed by atoms with Gasteiger partial charge in [-0.2, -0.15) is 0 Å². The first-order valence-electron chi connectivity index (χ1n) is 6.74. The summed E-state index contributed by atoms with van der Waals surface area (Å²) in [7, 11) is 3.29. The maximum atomic E-state index is 11.9. The Morgan fingerprint density at radius 2 is 2.10 bits per heavy atom. The highest BCUT2D eigenvalue weighted by Crippen LogP contribution is 2.12. The third kappa shape index (κ3) is 4.91. The van der Waals surface area contributed by atoms with Crippen LogP contribution in [0.25, 0.3) is 0 Å². The molecule has 0 saturated heterocycles. The maximum Gasteiger partial charge on any atom is 0.251 e. The molecule has 0 saturated carbocycles. The average Bonchev–Trinajstić information content (AvgIpc) is 2.49. The van der Waals surface area contributed by atoms with Crippen molar-refractivity contribution in [3.8, 4) is 5.75 Å². The quantitative estimate of drug-likeness (QED) is 0.825. The number of nitrogens with one attached hydrogen (secondary N) is 1. The van der Waals surface area contributed by atoms with Gasteiger partial charge < -0.3 is 15.0 Å². The van der Waals surface area contributed by atoms with Crippen LogP contribution in [0.15, 0.2) is 24.3 Å². The van der Waals surface area contributed by atoms with Crippen LogP contribution in [0.2, 0.25) is 0 Å². The van der Waals surface area contributed by atoms with Crippen LogP contribution in [-0.2, 0) is 4.79 Å². The van der Waals surface area contributed by atoms with Gasteiger partial charge in [-0.05, 0) is 24.6 Å². The topological polar surface area (TPSA) is 58.6 Å². The molecule has 0 aliphatic rings. The summed E-state index contributed by atoms with van der Waals surface area (Å²) in [6, 6.07) is 6.83. The highest BCUT2D eigenvalue weighted by molar-refractivity contribution is 5.96. The molecule has 0 heterocycles. The number of nitrogens with zero attached hydrogens (tertiary/aromatic N) is 1. The van der Waals surface area contributed by atoms with Gasteiger partial charge in [0.15, 0.2) is 0 Å². The number of methoxy groups -OCH3 is 1. The molecular formula is C15H22N2O3. The molecule has 0 bridgehead atoms. The molecule has 20 heavy (non-hydrogen) atoms. The number of carbonyl (C=O) groups is 2. The monoisotopic (exact) mass is 278 g/mol. The zero-order valence-electron chi connectivity index (χ0n) is 12.3. The molecule has 0 spiro atoms. The Labute approximate surface area is 119 Å². The molecule has 0 radical (unpaired) electrons. The molecule has 0 unspecified atom stereocenters. The summed E-state index contributed by atoms with van der Waals surface area (Å²) in [5.74, 6) is 0.250. The van der Waals surface area contributed by atoms with Crippen LogP contribution < -0.4 is 10.1 Å². The number of rotatable bonds is 7. The summed E-state index contributed by atoms with van der Waals surface area (Å²) in [5.41, 5.74) is 0.480. The number of ether oxygens (including phenoxy) is 1. The van der Waals surface area contributed by atoms with E-state index in [1.807, 2.05) is 0 Å². The molecule has 0 fully saturated rings. The molecule has 5 heteroatoms. The van der Waals surface area contributed by atoms with Crippen LogP contribution in [0.1, 0.15) is 30.1 Å². The summed E-state index contributed by atoms with van der Waals surface area (Å²) >= 11 is 0. The van der Waals surface area contributed by atoms with Crippen LogP contribution in [0.5, 0.6) is 5.75 Å². The van der Waals surface area contributed by atoms with Crippen LogP contribution in [-0.4, -0.2) is 44.0 Å². The molecular weight excluding hydrogens is 256 g/mol. The molecule has 1 rings (SSSR count). The van der Waals surface area contributed by atoms with Crippen molar-refractivity contribution in [2.75, 3.05) is 27.2 Å². The first kappa shape index (κ1) is 16.0. The Morgan fingerprint density at radius 1 is 1.35 bits per heavy atom. The number of likely N-dealkylation sites (N-methyl/N-ethyl adjacent to an activating group) is 1. The van der Waals surface area contributed by atoms with E-state index in [9.17, 15) is 9.59 Å². The fourth-order valence-corrected chi connectivity index (χ4v) is 1.68. The Kier molecular flexibility index (Phi) is 6.56. The minimum Gasteiger partial charge on any atom is -0.497 e. The van der Waals surface area contributed by atoms with E-state index in [-0.39, 0.29) is 18.4 Å². The highest BCUT2D eigenvalue weighted by Gasteiger charge is 2.11. The molecule has 0 aliphatic carbocycles. The van der Waals surface area contributed by atoms with Gasteiger partial charge in [-0.3, -0.25) is 9.59 Å². The minimum absolute atomic E-state index is 0.0102. The van der Waals surface area contributed by atoms with E-state index < -0.39 is 0 Å². The molecule has 110 valence electrons. The van der Waals surface area contributed by atoms with Gasteiger partial charge in [0.25, 0.3) is 5.91 Å². The van der Waals surface area contributed by atoms with Gasteiger partial charge >= 0.3 is 0 Å². The lowest BCUT2D eigenvalue weighted by atomic mass is 10.2. The van der Waals surface area contributed by atoms with E-state index in [1.54, 1.807) is 43.3 Å². The van der Waals surface area contributed by atoms with E-state index in [1.165, 1.54) is 0 Å². The molecule has 1 N–H and O–H groups in total. The van der Waals surface area contributed by atoms with Gasteiger partial charge in [0.05, 0.1) is 13.7 Å². The van der Waals surface area contributed by atoms with Crippen LogP contribution in [0, 0.1) is 0 Å². The molecule has 1 aromatic rings. The van der Waals surface area contributed by atoms with Crippen molar-refractivity contribution in [3.63, 3.8) is 0 Å². The Morgan fingerprint density at radius 3 is 2.75 bits per heavy atom. The smallest absolute Gasteiger partial charge is 0.251 e. The SMILES string of the molecule is CCCCN(C)C(=O)CNC(=O)c1cccc(OC)c1. The van der Waals surface area contributed by atoms with E-state index in [2.05, 4.69) is 12.2 Å². The van der Waals surface area contributed by atoms with E-state index in [4.69, 9.17) is 4.74 Å². The standard InChI is InChI=1S/C15H22N2O3/c1-4-5-9-17(2)14(18)11-16-15(19)12-7-6-8-13(10-12)20-3/h6-8,10H,4-5,9,11H2,1-3H3,(H,16,19). The predicted molar refractivity (Wildman–Crippen MR) is 77.9 cm³/mol. The summed E-state index contributed by atoms with van der Waals surface area (Å²) in [6.07, 6.45) is 2.00. The normalized spacial score (nSPS) is 9.95. The molecule has 0 aromatic heterocycles. The van der Waals surface area contributed by atoms with Gasteiger partial charge in [-0.15, -0.1) is 0 Å². The average molecular weight is 278 g/mol. The van der Waals surface area contributed by atoms with Crippen LogP contribution in [0.3, 0.4) is 0 Å². The molecule has 1 aromatic carbocycles. The first-order valence-corrected chi connectivity index (χ1v) is 6.74. The lowest BCUT2D eigenvalue weighted by molar-refractivity contribution is -0.128. The Hall–Kier alpha value is -2.04. The lowest BCUT2D eigenvalue weighted by Gasteiger charge is -2.17. The summed E-state index contributed by atoms with van der Waals surface area (Å²) in [4.78, 5) is 25.3. The van der Waals surface area contributed by atoms with Crippen molar-refractivity contribution in [1.29, 1.82) is 0 Å². The summed E-state index contributed by atoms with van der Waals surface area (Å²) in [6.45, 7) is 2.80. The predicted octanol–water partition coefficient (Wildman–Crippen LogP) is 1.68. The number of carbonyl (C=O) groups excluding carboxylic acids is 2. The van der Waals surface area contributed by atoms with Gasteiger partial charge in [0.1, 0.15) is 5.75 Å². The van der Waals surface area contributed by atoms with Crippen LogP contribution >= 0.6 is 0 Å². The Bertz CT molecular complexity index is 460. The third-order valence-corrected chi connectivity index (χ3v) is 3.00. The Balaban J connectivity index is 2.48. The fraction of sp³-hybridized carbons (Fsp3) is 0.467. The van der Waals surface area contributed by atoms with Gasteiger partial charge in [0, 0.05) is 19.2 Å². The molecule has 5 nitrogen and oxygen atoms in total. The fourth-order valence-electron chi connectivity index (χ4n) is 1.68. The number of benzene rings is 1. The maximum absolute atomic E-state index is 11.9. The second-order valence-electron chi connectivity index (χ2n) is 4.58. The van der Waals surface area contributed by atoms with Crippen molar-refractivity contribution in [3.05, 3.63) is 29.8 Å². The largest absolute Gasteiger partial charge is 0.497 e. The summed E-state index contributed by atoms with van der Waals surface area (Å²) < 4.78 is 5.06. The molecule has 2 amide bonds. The molecule has 0 atom stereocenters. The molecule has 0 aliphatic heterocycles. The number of amides is 2. The third-order valence-electron chi connectivity index (χ3n) is 3.00. The van der Waals surface area contributed by atoms with Crippen molar-refractivity contribution in [2.24, 2.45) is 0 Å². The second kappa shape index (κ2) is 8.19. The zero-order valence-corrected chi connectivity index (χ0v) is 12.3. The number of hydrogen-bond donors (Lipinski definition) is 1. The van der Waals surface area contributed by atoms with Crippen molar-refractivity contribution >= 4 is 11.8 Å². The highest BCUT2D eigenvalue weighted by atomic mass is 16.5. The van der Waals surface area contributed by atoms with E-state index in [0.717, 1.165) is 12.8 Å². The number of hydrogen-bond acceptors (Lipinski definition) is 3. The lowest BCUT2D eigenvalue weighted by Crippen LogP contribution is -2.38.